The molecule has 1 fully saturated rings. The third-order valence-corrected chi connectivity index (χ3v) is 7.12. The van der Waals surface area contributed by atoms with E-state index in [1.807, 2.05) is 54.6 Å². The van der Waals surface area contributed by atoms with E-state index in [4.69, 9.17) is 4.74 Å². The van der Waals surface area contributed by atoms with Crippen LogP contribution >= 0.6 is 11.3 Å². The van der Waals surface area contributed by atoms with Gasteiger partial charge in [0.25, 0.3) is 11.8 Å². The lowest BCUT2D eigenvalue weighted by molar-refractivity contribution is 0.0860. The van der Waals surface area contributed by atoms with Gasteiger partial charge in [0.1, 0.15) is 23.1 Å². The van der Waals surface area contributed by atoms with E-state index in [1.54, 1.807) is 5.38 Å². The third kappa shape index (κ3) is 6.69. The smallest absolute Gasteiger partial charge is 0.271 e. The highest BCUT2D eigenvalue weighted by atomic mass is 32.1. The molecule has 2 N–H and O–H groups in total. The van der Waals surface area contributed by atoms with Crippen molar-refractivity contribution in [3.05, 3.63) is 81.8 Å². The van der Waals surface area contributed by atoms with Gasteiger partial charge in [-0.2, -0.15) is 0 Å². The molecule has 1 aliphatic rings. The van der Waals surface area contributed by atoms with E-state index in [9.17, 15) is 9.59 Å². The summed E-state index contributed by atoms with van der Waals surface area (Å²) in [5.41, 5.74) is 2.25. The van der Waals surface area contributed by atoms with E-state index in [-0.39, 0.29) is 29.3 Å². The first-order chi connectivity index (χ1) is 16.8. The SMILES string of the molecule is CC(C)(C)c1ccc(C(=O)N[C@@H]2CCCC[C@H]2NC(=O)c2csc(COc3ccccc3)n2)cc1. The summed E-state index contributed by atoms with van der Waals surface area (Å²) in [4.78, 5) is 30.3. The van der Waals surface area contributed by atoms with E-state index in [1.165, 1.54) is 16.9 Å². The number of amides is 2. The van der Waals surface area contributed by atoms with Crippen LogP contribution in [0.15, 0.2) is 60.0 Å². The Hall–Kier alpha value is -3.19. The van der Waals surface area contributed by atoms with Crippen LogP contribution in [0.5, 0.6) is 5.75 Å². The predicted molar refractivity (Wildman–Crippen MR) is 139 cm³/mol. The average Bonchev–Trinajstić information content (AvgIpc) is 3.33. The van der Waals surface area contributed by atoms with Crippen molar-refractivity contribution in [1.29, 1.82) is 0 Å². The molecule has 3 aromatic rings. The minimum atomic E-state index is -0.215. The highest BCUT2D eigenvalue weighted by Gasteiger charge is 2.29. The second-order valence-corrected chi connectivity index (χ2v) is 10.9. The molecule has 6 nitrogen and oxygen atoms in total. The number of hydrogen-bond acceptors (Lipinski definition) is 5. The molecule has 1 aromatic heterocycles. The molecule has 2 amide bonds. The summed E-state index contributed by atoms with van der Waals surface area (Å²) in [6.45, 7) is 6.77. The fourth-order valence-corrected chi connectivity index (χ4v) is 4.92. The molecule has 0 bridgehead atoms. The lowest BCUT2D eigenvalue weighted by Crippen LogP contribution is -2.53. The van der Waals surface area contributed by atoms with Crippen LogP contribution in [0, 0.1) is 0 Å². The van der Waals surface area contributed by atoms with Crippen LogP contribution < -0.4 is 15.4 Å². The molecule has 7 heteroatoms. The van der Waals surface area contributed by atoms with E-state index >= 15 is 0 Å². The van der Waals surface area contributed by atoms with Gasteiger partial charge in [-0.15, -0.1) is 11.3 Å². The predicted octanol–water partition coefficient (Wildman–Crippen LogP) is 5.49. The van der Waals surface area contributed by atoms with E-state index in [0.29, 0.717) is 17.9 Å². The Bertz CT molecular complexity index is 1140. The minimum Gasteiger partial charge on any atom is -0.486 e. The molecule has 4 rings (SSSR count). The average molecular weight is 492 g/mol. The van der Waals surface area contributed by atoms with Crippen molar-refractivity contribution in [2.24, 2.45) is 0 Å². The lowest BCUT2D eigenvalue weighted by Gasteiger charge is -2.32. The Labute approximate surface area is 211 Å². The summed E-state index contributed by atoms with van der Waals surface area (Å²) >= 11 is 1.40. The first-order valence-electron chi connectivity index (χ1n) is 12.1. The van der Waals surface area contributed by atoms with E-state index in [0.717, 1.165) is 36.4 Å². The topological polar surface area (TPSA) is 80.3 Å². The monoisotopic (exact) mass is 491 g/mol. The molecule has 35 heavy (non-hydrogen) atoms. The number of carbonyl (C=O) groups excluding carboxylic acids is 2. The molecule has 1 saturated carbocycles. The number of aromatic nitrogens is 1. The number of carbonyl (C=O) groups is 2. The van der Waals surface area contributed by atoms with Gasteiger partial charge in [0.2, 0.25) is 0 Å². The zero-order chi connectivity index (χ0) is 24.8. The van der Waals surface area contributed by atoms with Crippen molar-refractivity contribution in [3.63, 3.8) is 0 Å². The standard InChI is InChI=1S/C28H33N3O3S/c1-28(2,3)20-15-13-19(14-16-20)26(32)30-22-11-7-8-12-23(22)31-27(33)24-18-35-25(29-24)17-34-21-9-5-4-6-10-21/h4-6,9-10,13-16,18,22-23H,7-8,11-12,17H2,1-3H3,(H,30,32)(H,31,33)/t22-,23-/m1/s1. The van der Waals surface area contributed by atoms with Crippen molar-refractivity contribution in [2.75, 3.05) is 0 Å². The molecule has 184 valence electrons. The molecule has 0 aliphatic heterocycles. The first-order valence-corrected chi connectivity index (χ1v) is 13.0. The van der Waals surface area contributed by atoms with E-state index in [2.05, 4.69) is 36.4 Å². The molecule has 1 aliphatic carbocycles. The molecule has 2 aromatic carbocycles. The number of nitrogens with one attached hydrogen (secondary N) is 2. The number of ether oxygens (including phenoxy) is 1. The zero-order valence-electron chi connectivity index (χ0n) is 20.5. The Morgan fingerprint density at radius 1 is 0.943 bits per heavy atom. The summed E-state index contributed by atoms with van der Waals surface area (Å²) in [6, 6.07) is 17.1. The van der Waals surface area contributed by atoms with Crippen molar-refractivity contribution in [3.8, 4) is 5.75 Å². The van der Waals surface area contributed by atoms with Gasteiger partial charge in [-0.05, 0) is 48.1 Å². The summed E-state index contributed by atoms with van der Waals surface area (Å²) in [7, 11) is 0. The quantitative estimate of drug-likeness (QED) is 0.458. The lowest BCUT2D eigenvalue weighted by atomic mass is 9.86. The molecule has 0 unspecified atom stereocenters. The highest BCUT2D eigenvalue weighted by molar-refractivity contribution is 7.09. The van der Waals surface area contributed by atoms with Crippen molar-refractivity contribution >= 4 is 23.2 Å². The third-order valence-electron chi connectivity index (χ3n) is 6.30. The van der Waals surface area contributed by atoms with Crippen molar-refractivity contribution < 1.29 is 14.3 Å². The Morgan fingerprint density at radius 2 is 1.57 bits per heavy atom. The number of hydrogen-bond donors (Lipinski definition) is 2. The maximum atomic E-state index is 12.9. The van der Waals surface area contributed by atoms with Gasteiger partial charge in [-0.25, -0.2) is 4.98 Å². The van der Waals surface area contributed by atoms with Crippen molar-refractivity contribution in [2.45, 2.75) is 70.6 Å². The number of benzene rings is 2. The van der Waals surface area contributed by atoms with Gasteiger partial charge in [-0.3, -0.25) is 9.59 Å². The van der Waals surface area contributed by atoms with Gasteiger partial charge in [0.05, 0.1) is 0 Å². The largest absolute Gasteiger partial charge is 0.486 e. The summed E-state index contributed by atoms with van der Waals surface area (Å²) in [5.74, 6) is 0.445. The van der Waals surface area contributed by atoms with Crippen molar-refractivity contribution in [1.82, 2.24) is 15.6 Å². The van der Waals surface area contributed by atoms with Gasteiger partial charge in [0, 0.05) is 23.0 Å². The second kappa shape index (κ2) is 11.0. The molecular weight excluding hydrogens is 458 g/mol. The van der Waals surface area contributed by atoms with Crippen LogP contribution in [0.1, 0.15) is 77.9 Å². The number of para-hydroxylation sites is 1. The Kier molecular flexibility index (Phi) is 7.86. The van der Waals surface area contributed by atoms with Crippen LogP contribution in [-0.4, -0.2) is 28.9 Å². The van der Waals surface area contributed by atoms with Crippen LogP contribution in [0.2, 0.25) is 0 Å². The summed E-state index contributed by atoms with van der Waals surface area (Å²) in [6.07, 6.45) is 3.71. The first kappa shape index (κ1) is 24.9. The van der Waals surface area contributed by atoms with Gasteiger partial charge in [-0.1, -0.05) is 63.9 Å². The number of thiazole rings is 1. The maximum Gasteiger partial charge on any atom is 0.271 e. The van der Waals surface area contributed by atoms with Gasteiger partial charge >= 0.3 is 0 Å². The molecule has 0 radical (unpaired) electrons. The molecule has 0 saturated heterocycles. The highest BCUT2D eigenvalue weighted by Crippen LogP contribution is 2.23. The molecular formula is C28H33N3O3S. The van der Waals surface area contributed by atoms with Gasteiger partial charge < -0.3 is 15.4 Å². The van der Waals surface area contributed by atoms with Crippen LogP contribution in [0.25, 0.3) is 0 Å². The van der Waals surface area contributed by atoms with Crippen LogP contribution in [0.3, 0.4) is 0 Å². The Morgan fingerprint density at radius 3 is 2.20 bits per heavy atom. The fourth-order valence-electron chi connectivity index (χ4n) is 4.24. The maximum absolute atomic E-state index is 12.9. The molecule has 0 spiro atoms. The normalized spacial score (nSPS) is 18.0. The Balaban J connectivity index is 1.34. The van der Waals surface area contributed by atoms with Crippen LogP contribution in [-0.2, 0) is 12.0 Å². The fraction of sp³-hybridized carbons (Fsp3) is 0.393. The van der Waals surface area contributed by atoms with Gasteiger partial charge in [0.15, 0.2) is 0 Å². The number of rotatable bonds is 7. The second-order valence-electron chi connectivity index (χ2n) is 10.00. The summed E-state index contributed by atoms with van der Waals surface area (Å²) < 4.78 is 5.73. The van der Waals surface area contributed by atoms with E-state index < -0.39 is 0 Å². The minimum absolute atomic E-state index is 0.0387. The summed E-state index contributed by atoms with van der Waals surface area (Å²) in [5, 5.41) is 8.76. The van der Waals surface area contributed by atoms with Crippen LogP contribution in [0.4, 0.5) is 0 Å². The molecule has 2 atom stereocenters. The number of nitrogens with zero attached hydrogens (tertiary/aromatic N) is 1. The zero-order valence-corrected chi connectivity index (χ0v) is 21.4. The molecule has 1 heterocycles.